The lowest BCUT2D eigenvalue weighted by molar-refractivity contribution is 0.122. The molecule has 2 aliphatic rings. The molecular weight excluding hydrogens is 352 g/mol. The van der Waals surface area contributed by atoms with Gasteiger partial charge in [-0.2, -0.15) is 0 Å². The molecule has 0 spiro atoms. The van der Waals surface area contributed by atoms with Gasteiger partial charge in [0.05, 0.1) is 24.9 Å². The number of hydrogen-bond acceptors (Lipinski definition) is 6. The molecule has 0 unspecified atom stereocenters. The topological polar surface area (TPSA) is 67.2 Å². The number of benzene rings is 1. The number of imidazole rings is 1. The Kier molecular flexibility index (Phi) is 4.52. The standard InChI is InChI=1S/C21H26N6O/c1-22-21-25-18-13-23-20(12-19(18)27(21)14-15-2-3-15)24-16-4-6-17(7-5-16)26-8-10-28-11-9-26/h4-7,12-13,15H,2-3,8-11,14H2,1H3,(H,22,25)(H,23,24). The van der Waals surface area contributed by atoms with E-state index in [1.807, 2.05) is 13.2 Å². The van der Waals surface area contributed by atoms with Crippen molar-refractivity contribution in [3.05, 3.63) is 36.5 Å². The summed E-state index contributed by atoms with van der Waals surface area (Å²) in [5, 5.41) is 6.65. The van der Waals surface area contributed by atoms with Crippen molar-refractivity contribution in [3.8, 4) is 0 Å². The third kappa shape index (κ3) is 3.49. The van der Waals surface area contributed by atoms with Crippen molar-refractivity contribution in [1.29, 1.82) is 0 Å². The molecule has 3 aromatic rings. The Labute approximate surface area is 164 Å². The molecule has 0 atom stereocenters. The molecule has 1 saturated carbocycles. The lowest BCUT2D eigenvalue weighted by atomic mass is 10.2. The number of anilines is 4. The monoisotopic (exact) mass is 378 g/mol. The van der Waals surface area contributed by atoms with Gasteiger partial charge in [-0.25, -0.2) is 9.97 Å². The summed E-state index contributed by atoms with van der Waals surface area (Å²) < 4.78 is 7.71. The summed E-state index contributed by atoms with van der Waals surface area (Å²) in [7, 11) is 1.92. The average Bonchev–Trinajstić information content (AvgIpc) is 3.50. The molecule has 3 heterocycles. The zero-order valence-corrected chi connectivity index (χ0v) is 16.2. The van der Waals surface area contributed by atoms with Crippen LogP contribution in [0.3, 0.4) is 0 Å². The summed E-state index contributed by atoms with van der Waals surface area (Å²) in [6, 6.07) is 10.6. The van der Waals surface area contributed by atoms with Gasteiger partial charge < -0.3 is 24.8 Å². The molecule has 2 aromatic heterocycles. The van der Waals surface area contributed by atoms with Crippen LogP contribution >= 0.6 is 0 Å². The molecule has 1 aliphatic heterocycles. The van der Waals surface area contributed by atoms with Crippen LogP contribution in [0.4, 0.5) is 23.1 Å². The number of nitrogens with zero attached hydrogens (tertiary/aromatic N) is 4. The summed E-state index contributed by atoms with van der Waals surface area (Å²) in [6.07, 6.45) is 4.48. The van der Waals surface area contributed by atoms with Gasteiger partial charge in [0.1, 0.15) is 11.3 Å². The molecule has 1 saturated heterocycles. The van der Waals surface area contributed by atoms with E-state index < -0.39 is 0 Å². The predicted molar refractivity (Wildman–Crippen MR) is 113 cm³/mol. The van der Waals surface area contributed by atoms with Crippen LogP contribution in [0.5, 0.6) is 0 Å². The van der Waals surface area contributed by atoms with E-state index in [2.05, 4.69) is 60.4 Å². The number of pyridine rings is 1. The fourth-order valence-electron chi connectivity index (χ4n) is 3.76. The molecule has 2 N–H and O–H groups in total. The molecule has 146 valence electrons. The van der Waals surface area contributed by atoms with E-state index in [4.69, 9.17) is 4.74 Å². The second-order valence-electron chi connectivity index (χ2n) is 7.57. The Morgan fingerprint density at radius 3 is 2.64 bits per heavy atom. The second-order valence-corrected chi connectivity index (χ2v) is 7.57. The number of hydrogen-bond donors (Lipinski definition) is 2. The summed E-state index contributed by atoms with van der Waals surface area (Å²) in [5.74, 6) is 2.53. The number of morpholine rings is 1. The minimum absolute atomic E-state index is 0.779. The van der Waals surface area contributed by atoms with Crippen LogP contribution in [0.15, 0.2) is 36.5 Å². The van der Waals surface area contributed by atoms with Gasteiger partial charge in [-0.05, 0) is 43.0 Å². The van der Waals surface area contributed by atoms with Crippen LogP contribution in [0, 0.1) is 5.92 Å². The second kappa shape index (κ2) is 7.31. The van der Waals surface area contributed by atoms with Gasteiger partial charge in [-0.1, -0.05) is 0 Å². The quantitative estimate of drug-likeness (QED) is 0.685. The highest BCUT2D eigenvalue weighted by Crippen LogP contribution is 2.34. The fourth-order valence-corrected chi connectivity index (χ4v) is 3.76. The third-order valence-corrected chi connectivity index (χ3v) is 5.51. The summed E-state index contributed by atoms with van der Waals surface area (Å²) in [5.41, 5.74) is 4.32. The predicted octanol–water partition coefficient (Wildman–Crippen LogP) is 3.46. The van der Waals surface area contributed by atoms with Crippen LogP contribution < -0.4 is 15.5 Å². The van der Waals surface area contributed by atoms with Gasteiger partial charge in [0.2, 0.25) is 5.95 Å². The van der Waals surface area contributed by atoms with Gasteiger partial charge >= 0.3 is 0 Å². The Bertz CT molecular complexity index is 957. The van der Waals surface area contributed by atoms with E-state index in [-0.39, 0.29) is 0 Å². The van der Waals surface area contributed by atoms with Crippen LogP contribution in [0.1, 0.15) is 12.8 Å². The number of nitrogens with one attached hydrogen (secondary N) is 2. The highest BCUT2D eigenvalue weighted by atomic mass is 16.5. The van der Waals surface area contributed by atoms with E-state index in [0.717, 1.165) is 67.3 Å². The van der Waals surface area contributed by atoms with Crippen molar-refractivity contribution in [3.63, 3.8) is 0 Å². The van der Waals surface area contributed by atoms with Gasteiger partial charge in [-0.3, -0.25) is 0 Å². The highest BCUT2D eigenvalue weighted by Gasteiger charge is 2.24. The molecule has 0 amide bonds. The number of rotatable bonds is 6. The Balaban J connectivity index is 1.37. The van der Waals surface area contributed by atoms with Gasteiger partial charge in [0, 0.05) is 44.1 Å². The molecular formula is C21H26N6O. The molecule has 5 rings (SSSR count). The van der Waals surface area contributed by atoms with Crippen LogP contribution in [0.25, 0.3) is 11.0 Å². The van der Waals surface area contributed by atoms with Crippen molar-refractivity contribution in [2.24, 2.45) is 5.92 Å². The average molecular weight is 378 g/mol. The largest absolute Gasteiger partial charge is 0.378 e. The van der Waals surface area contributed by atoms with E-state index in [0.29, 0.717) is 0 Å². The van der Waals surface area contributed by atoms with Crippen molar-refractivity contribution < 1.29 is 4.74 Å². The van der Waals surface area contributed by atoms with Crippen LogP contribution in [-0.2, 0) is 11.3 Å². The maximum absolute atomic E-state index is 5.43. The van der Waals surface area contributed by atoms with Gasteiger partial charge in [-0.15, -0.1) is 0 Å². The molecule has 1 aliphatic carbocycles. The SMILES string of the molecule is CNc1nc2cnc(Nc3ccc(N4CCOCC4)cc3)cc2n1CC1CC1. The van der Waals surface area contributed by atoms with Crippen molar-refractivity contribution in [1.82, 2.24) is 14.5 Å². The molecule has 0 bridgehead atoms. The van der Waals surface area contributed by atoms with E-state index in [1.54, 1.807) is 0 Å². The molecule has 7 nitrogen and oxygen atoms in total. The van der Waals surface area contributed by atoms with Crippen molar-refractivity contribution in [2.75, 3.05) is 48.9 Å². The fraction of sp³-hybridized carbons (Fsp3) is 0.429. The molecule has 0 radical (unpaired) electrons. The minimum atomic E-state index is 0.779. The summed E-state index contributed by atoms with van der Waals surface area (Å²) >= 11 is 0. The minimum Gasteiger partial charge on any atom is -0.378 e. The molecule has 2 fully saturated rings. The zero-order valence-electron chi connectivity index (χ0n) is 16.2. The normalized spacial score (nSPS) is 17.1. The number of fused-ring (bicyclic) bond motifs is 1. The summed E-state index contributed by atoms with van der Waals surface area (Å²) in [4.78, 5) is 11.6. The third-order valence-electron chi connectivity index (χ3n) is 5.51. The lowest BCUT2D eigenvalue weighted by Gasteiger charge is -2.28. The van der Waals surface area contributed by atoms with E-state index in [1.165, 1.54) is 18.5 Å². The first-order valence-electron chi connectivity index (χ1n) is 10.0. The molecule has 7 heteroatoms. The number of aromatic nitrogens is 3. The first-order valence-corrected chi connectivity index (χ1v) is 10.0. The van der Waals surface area contributed by atoms with Gasteiger partial charge in [0.25, 0.3) is 0 Å². The van der Waals surface area contributed by atoms with E-state index >= 15 is 0 Å². The Morgan fingerprint density at radius 2 is 1.93 bits per heavy atom. The molecule has 1 aromatic carbocycles. The van der Waals surface area contributed by atoms with Crippen LogP contribution in [-0.4, -0.2) is 47.9 Å². The first-order chi connectivity index (χ1) is 13.8. The Morgan fingerprint density at radius 1 is 1.14 bits per heavy atom. The Hall–Kier alpha value is -2.80. The van der Waals surface area contributed by atoms with E-state index in [9.17, 15) is 0 Å². The lowest BCUT2D eigenvalue weighted by Crippen LogP contribution is -2.36. The highest BCUT2D eigenvalue weighted by molar-refractivity contribution is 5.81. The molecule has 28 heavy (non-hydrogen) atoms. The maximum atomic E-state index is 5.43. The smallest absolute Gasteiger partial charge is 0.203 e. The van der Waals surface area contributed by atoms with Crippen molar-refractivity contribution >= 4 is 34.2 Å². The first kappa shape index (κ1) is 17.3. The zero-order chi connectivity index (χ0) is 18.9. The van der Waals surface area contributed by atoms with Crippen molar-refractivity contribution in [2.45, 2.75) is 19.4 Å². The number of ether oxygens (including phenoxy) is 1. The van der Waals surface area contributed by atoms with Crippen LogP contribution in [0.2, 0.25) is 0 Å². The van der Waals surface area contributed by atoms with Gasteiger partial charge in [0.15, 0.2) is 0 Å². The maximum Gasteiger partial charge on any atom is 0.203 e. The summed E-state index contributed by atoms with van der Waals surface area (Å²) in [6.45, 7) is 4.51.